The molecule has 1 aromatic rings. The Kier molecular flexibility index (Phi) is 5.32. The Morgan fingerprint density at radius 1 is 1.28 bits per heavy atom. The van der Waals surface area contributed by atoms with Gasteiger partial charge in [-0.25, -0.2) is 0 Å². The van der Waals surface area contributed by atoms with Crippen molar-refractivity contribution in [2.75, 3.05) is 7.11 Å². The zero-order valence-electron chi connectivity index (χ0n) is 10.2. The molecule has 0 aliphatic carbocycles. The van der Waals surface area contributed by atoms with Gasteiger partial charge >= 0.3 is 5.97 Å². The van der Waals surface area contributed by atoms with Crippen molar-refractivity contribution in [1.82, 2.24) is 0 Å². The first-order valence-corrected chi connectivity index (χ1v) is 5.62. The number of aliphatic hydroxyl groups excluding tert-OH is 1. The Morgan fingerprint density at radius 2 is 1.89 bits per heavy atom. The summed E-state index contributed by atoms with van der Waals surface area (Å²) < 4.78 is 4.50. The lowest BCUT2D eigenvalue weighted by Crippen LogP contribution is -2.27. The second kappa shape index (κ2) is 6.76. The Hall–Kier alpha value is -1.88. The molecule has 0 radical (unpaired) electrons. The number of carbonyl (C=O) groups is 2. The van der Waals surface area contributed by atoms with E-state index in [1.807, 2.05) is 6.07 Å². The van der Waals surface area contributed by atoms with Crippen LogP contribution in [-0.4, -0.2) is 30.2 Å². The van der Waals surface area contributed by atoms with Crippen molar-refractivity contribution < 1.29 is 19.4 Å². The van der Waals surface area contributed by atoms with Crippen LogP contribution in [0.3, 0.4) is 0 Å². The quantitative estimate of drug-likeness (QED) is 0.723. The zero-order valence-corrected chi connectivity index (χ0v) is 10.2. The van der Waals surface area contributed by atoms with Crippen LogP contribution in [0.1, 0.15) is 24.3 Å². The SMILES string of the molecule is COC(=O)CC(O)C(CC(N)=O)c1ccccc1. The molecule has 1 aromatic carbocycles. The van der Waals surface area contributed by atoms with E-state index in [1.165, 1.54) is 7.11 Å². The van der Waals surface area contributed by atoms with Crippen LogP contribution >= 0.6 is 0 Å². The molecule has 98 valence electrons. The smallest absolute Gasteiger partial charge is 0.308 e. The van der Waals surface area contributed by atoms with E-state index in [4.69, 9.17) is 5.73 Å². The van der Waals surface area contributed by atoms with Gasteiger partial charge in [0, 0.05) is 12.3 Å². The van der Waals surface area contributed by atoms with Crippen LogP contribution in [-0.2, 0) is 14.3 Å². The van der Waals surface area contributed by atoms with Crippen LogP contribution in [0.4, 0.5) is 0 Å². The van der Waals surface area contributed by atoms with Crippen LogP contribution in [0.15, 0.2) is 30.3 Å². The number of nitrogens with two attached hydrogens (primary N) is 1. The molecule has 2 unspecified atom stereocenters. The molecule has 0 aromatic heterocycles. The summed E-state index contributed by atoms with van der Waals surface area (Å²) in [5.74, 6) is -1.54. The number of rotatable bonds is 6. The molecule has 0 aliphatic heterocycles. The molecule has 2 atom stereocenters. The third-order valence-corrected chi connectivity index (χ3v) is 2.72. The van der Waals surface area contributed by atoms with Gasteiger partial charge in [0.2, 0.25) is 5.91 Å². The van der Waals surface area contributed by atoms with Gasteiger partial charge in [-0.15, -0.1) is 0 Å². The number of primary amides is 1. The van der Waals surface area contributed by atoms with Crippen LogP contribution in [0.25, 0.3) is 0 Å². The molecule has 0 saturated heterocycles. The maximum absolute atomic E-state index is 11.1. The molecule has 3 N–H and O–H groups in total. The third-order valence-electron chi connectivity index (χ3n) is 2.72. The zero-order chi connectivity index (χ0) is 13.5. The highest BCUT2D eigenvalue weighted by Gasteiger charge is 2.25. The van der Waals surface area contributed by atoms with Crippen molar-refractivity contribution in [2.45, 2.75) is 24.9 Å². The van der Waals surface area contributed by atoms with Crippen molar-refractivity contribution >= 4 is 11.9 Å². The minimum Gasteiger partial charge on any atom is -0.469 e. The summed E-state index contributed by atoms with van der Waals surface area (Å²) in [4.78, 5) is 22.2. The first-order valence-electron chi connectivity index (χ1n) is 5.62. The number of esters is 1. The van der Waals surface area contributed by atoms with E-state index in [2.05, 4.69) is 4.74 Å². The van der Waals surface area contributed by atoms with E-state index in [0.717, 1.165) is 5.56 Å². The van der Waals surface area contributed by atoms with Gasteiger partial charge < -0.3 is 15.6 Å². The largest absolute Gasteiger partial charge is 0.469 e. The number of hydrogen-bond acceptors (Lipinski definition) is 4. The molecule has 0 heterocycles. The maximum Gasteiger partial charge on any atom is 0.308 e. The minimum atomic E-state index is -0.993. The molecule has 0 fully saturated rings. The fraction of sp³-hybridized carbons (Fsp3) is 0.385. The summed E-state index contributed by atoms with van der Waals surface area (Å²) in [6.07, 6.45) is -1.17. The van der Waals surface area contributed by atoms with Gasteiger partial charge in [-0.3, -0.25) is 9.59 Å². The van der Waals surface area contributed by atoms with Crippen LogP contribution < -0.4 is 5.73 Å². The van der Waals surface area contributed by atoms with Gasteiger partial charge in [-0.05, 0) is 5.56 Å². The topological polar surface area (TPSA) is 89.6 Å². The number of aliphatic hydroxyl groups is 1. The van der Waals surface area contributed by atoms with Gasteiger partial charge in [-0.2, -0.15) is 0 Å². The Labute approximate surface area is 106 Å². The summed E-state index contributed by atoms with van der Waals surface area (Å²) in [5, 5.41) is 10.0. The molecule has 1 amide bonds. The van der Waals surface area contributed by atoms with Gasteiger partial charge in [0.1, 0.15) is 0 Å². The van der Waals surface area contributed by atoms with Crippen molar-refractivity contribution in [3.05, 3.63) is 35.9 Å². The summed E-state index contributed by atoms with van der Waals surface area (Å²) >= 11 is 0. The number of hydrogen-bond donors (Lipinski definition) is 2. The summed E-state index contributed by atoms with van der Waals surface area (Å²) in [7, 11) is 1.25. The summed E-state index contributed by atoms with van der Waals surface area (Å²) in [5.41, 5.74) is 5.94. The third kappa shape index (κ3) is 4.18. The predicted molar refractivity (Wildman–Crippen MR) is 65.6 cm³/mol. The molecular formula is C13H17NO4. The molecule has 1 rings (SSSR count). The lowest BCUT2D eigenvalue weighted by Gasteiger charge is -2.21. The number of benzene rings is 1. The fourth-order valence-electron chi connectivity index (χ4n) is 1.79. The van der Waals surface area contributed by atoms with E-state index in [-0.39, 0.29) is 12.8 Å². The average Bonchev–Trinajstić information content (AvgIpc) is 2.36. The van der Waals surface area contributed by atoms with E-state index >= 15 is 0 Å². The highest BCUT2D eigenvalue weighted by Crippen LogP contribution is 2.25. The Morgan fingerprint density at radius 3 is 2.39 bits per heavy atom. The van der Waals surface area contributed by atoms with Gasteiger partial charge in [-0.1, -0.05) is 30.3 Å². The highest BCUT2D eigenvalue weighted by molar-refractivity contribution is 5.75. The van der Waals surface area contributed by atoms with Crippen molar-refractivity contribution in [1.29, 1.82) is 0 Å². The molecule has 18 heavy (non-hydrogen) atoms. The van der Waals surface area contributed by atoms with Crippen molar-refractivity contribution in [3.8, 4) is 0 Å². The predicted octanol–water partition coefficient (Wildman–Crippen LogP) is 0.570. The van der Waals surface area contributed by atoms with E-state index in [9.17, 15) is 14.7 Å². The summed E-state index contributed by atoms with van der Waals surface area (Å²) in [6, 6.07) is 9.00. The normalized spacial score (nSPS) is 13.7. The molecule has 0 saturated carbocycles. The number of amides is 1. The van der Waals surface area contributed by atoms with E-state index in [0.29, 0.717) is 0 Å². The van der Waals surface area contributed by atoms with Gasteiger partial charge in [0.25, 0.3) is 0 Å². The van der Waals surface area contributed by atoms with Crippen LogP contribution in [0.5, 0.6) is 0 Å². The van der Waals surface area contributed by atoms with Gasteiger partial charge in [0.05, 0.1) is 19.6 Å². The van der Waals surface area contributed by atoms with Crippen LogP contribution in [0.2, 0.25) is 0 Å². The lowest BCUT2D eigenvalue weighted by molar-refractivity contribution is -0.143. The standard InChI is InChI=1S/C13H17NO4/c1-18-13(17)8-11(15)10(7-12(14)16)9-5-3-2-4-6-9/h2-6,10-11,15H,7-8H2,1H3,(H2,14,16). The summed E-state index contributed by atoms with van der Waals surface area (Å²) in [6.45, 7) is 0. The number of methoxy groups -OCH3 is 1. The lowest BCUT2D eigenvalue weighted by atomic mass is 9.88. The number of carbonyl (C=O) groups excluding carboxylic acids is 2. The van der Waals surface area contributed by atoms with Gasteiger partial charge in [0.15, 0.2) is 0 Å². The van der Waals surface area contributed by atoms with Crippen molar-refractivity contribution in [3.63, 3.8) is 0 Å². The average molecular weight is 251 g/mol. The molecule has 0 spiro atoms. The second-order valence-corrected chi connectivity index (χ2v) is 4.04. The molecule has 5 nitrogen and oxygen atoms in total. The maximum atomic E-state index is 11.1. The first-order chi connectivity index (χ1) is 8.54. The van der Waals surface area contributed by atoms with Crippen molar-refractivity contribution in [2.24, 2.45) is 5.73 Å². The second-order valence-electron chi connectivity index (χ2n) is 4.04. The molecule has 0 bridgehead atoms. The molecular weight excluding hydrogens is 234 g/mol. The molecule has 5 heteroatoms. The first kappa shape index (κ1) is 14.2. The van der Waals surface area contributed by atoms with Crippen LogP contribution in [0, 0.1) is 0 Å². The fourth-order valence-corrected chi connectivity index (χ4v) is 1.79. The minimum absolute atomic E-state index is 0.0117. The number of ether oxygens (including phenoxy) is 1. The Bertz CT molecular complexity index is 405. The monoisotopic (exact) mass is 251 g/mol. The van der Waals surface area contributed by atoms with E-state index in [1.54, 1.807) is 24.3 Å². The van der Waals surface area contributed by atoms with E-state index < -0.39 is 23.9 Å². The molecule has 0 aliphatic rings. The highest BCUT2D eigenvalue weighted by atomic mass is 16.5. The Balaban J connectivity index is 2.84.